The Morgan fingerprint density at radius 3 is 2.64 bits per heavy atom. The van der Waals surface area contributed by atoms with Gasteiger partial charge in [0.05, 0.1) is 5.02 Å². The highest BCUT2D eigenvalue weighted by Gasteiger charge is 2.15. The van der Waals surface area contributed by atoms with E-state index in [4.69, 9.17) is 16.3 Å². The minimum atomic E-state index is -0.439. The van der Waals surface area contributed by atoms with E-state index < -0.39 is 5.82 Å². The molecule has 3 rings (SSSR count). The van der Waals surface area contributed by atoms with Crippen LogP contribution >= 0.6 is 11.6 Å². The van der Waals surface area contributed by atoms with Gasteiger partial charge in [-0.15, -0.1) is 0 Å². The number of benzene rings is 2. The van der Waals surface area contributed by atoms with Gasteiger partial charge in [-0.3, -0.25) is 4.79 Å². The first-order valence-electron chi connectivity index (χ1n) is 8.55. The normalized spacial score (nSPS) is 16.8. The second kappa shape index (κ2) is 8.45. The highest BCUT2D eigenvalue weighted by atomic mass is 35.5. The molecule has 0 bridgehead atoms. The van der Waals surface area contributed by atoms with Gasteiger partial charge < -0.3 is 10.1 Å². The van der Waals surface area contributed by atoms with Crippen molar-refractivity contribution < 1.29 is 13.9 Å². The third-order valence-corrected chi connectivity index (χ3v) is 4.79. The van der Waals surface area contributed by atoms with Crippen molar-refractivity contribution in [2.75, 3.05) is 19.8 Å². The van der Waals surface area contributed by atoms with Crippen molar-refractivity contribution in [3.8, 4) is 11.1 Å². The molecule has 3 nitrogen and oxygen atoms in total. The van der Waals surface area contributed by atoms with Gasteiger partial charge in [0.2, 0.25) is 0 Å². The number of hydrogen-bond donors (Lipinski definition) is 1. The van der Waals surface area contributed by atoms with Gasteiger partial charge in [0.15, 0.2) is 0 Å². The SMILES string of the molecule is O=C(NCCC[C@H]1CCOC1)c1ccc(-c2ccc(F)c(Cl)c2)cc1. The summed E-state index contributed by atoms with van der Waals surface area (Å²) < 4.78 is 18.6. The molecule has 1 saturated heterocycles. The maximum absolute atomic E-state index is 13.2. The maximum Gasteiger partial charge on any atom is 0.251 e. The van der Waals surface area contributed by atoms with E-state index >= 15 is 0 Å². The third kappa shape index (κ3) is 4.80. The predicted octanol–water partition coefficient (Wildman–Crippen LogP) is 4.69. The van der Waals surface area contributed by atoms with Crippen LogP contribution in [-0.2, 0) is 4.74 Å². The fourth-order valence-corrected chi connectivity index (χ4v) is 3.18. The first-order chi connectivity index (χ1) is 12.1. The molecule has 132 valence electrons. The topological polar surface area (TPSA) is 38.3 Å². The molecule has 0 unspecified atom stereocenters. The van der Waals surface area contributed by atoms with Crippen molar-refractivity contribution in [2.24, 2.45) is 5.92 Å². The number of carbonyl (C=O) groups is 1. The van der Waals surface area contributed by atoms with Crippen LogP contribution in [0.1, 0.15) is 29.6 Å². The van der Waals surface area contributed by atoms with Crippen molar-refractivity contribution >= 4 is 17.5 Å². The van der Waals surface area contributed by atoms with Crippen LogP contribution in [0.15, 0.2) is 42.5 Å². The van der Waals surface area contributed by atoms with Gasteiger partial charge in [0.1, 0.15) is 5.82 Å². The Morgan fingerprint density at radius 1 is 1.20 bits per heavy atom. The number of rotatable bonds is 6. The van der Waals surface area contributed by atoms with Gasteiger partial charge in [0, 0.05) is 25.3 Å². The van der Waals surface area contributed by atoms with Gasteiger partial charge in [-0.25, -0.2) is 4.39 Å². The summed E-state index contributed by atoms with van der Waals surface area (Å²) in [5, 5.41) is 3.04. The van der Waals surface area contributed by atoms with Crippen LogP contribution in [0.2, 0.25) is 5.02 Å². The maximum atomic E-state index is 13.2. The highest BCUT2D eigenvalue weighted by Crippen LogP contribution is 2.25. The Morgan fingerprint density at radius 2 is 1.96 bits per heavy atom. The number of nitrogens with one attached hydrogen (secondary N) is 1. The zero-order valence-corrected chi connectivity index (χ0v) is 14.7. The average Bonchev–Trinajstić information content (AvgIpc) is 3.14. The Balaban J connectivity index is 1.52. The zero-order valence-electron chi connectivity index (χ0n) is 13.9. The second-order valence-electron chi connectivity index (χ2n) is 6.33. The zero-order chi connectivity index (χ0) is 17.6. The Kier molecular flexibility index (Phi) is 6.05. The van der Waals surface area contributed by atoms with E-state index in [1.807, 2.05) is 12.1 Å². The average molecular weight is 362 g/mol. The number of amides is 1. The Hall–Kier alpha value is -1.91. The standard InChI is InChI=1S/C20H21ClFNO2/c21-18-12-17(7-8-19(18)22)15-3-5-16(6-4-15)20(24)23-10-1-2-14-9-11-25-13-14/h3-8,12,14H,1-2,9-11,13H2,(H,23,24)/t14-/m0/s1. The molecular formula is C20H21ClFNO2. The quantitative estimate of drug-likeness (QED) is 0.758. The molecule has 0 aromatic heterocycles. The molecule has 1 amide bonds. The summed E-state index contributed by atoms with van der Waals surface area (Å²) in [4.78, 5) is 12.2. The molecule has 1 heterocycles. The fourth-order valence-electron chi connectivity index (χ4n) is 3.00. The number of hydrogen-bond acceptors (Lipinski definition) is 2. The van der Waals surface area contributed by atoms with Crippen molar-refractivity contribution in [3.63, 3.8) is 0 Å². The lowest BCUT2D eigenvalue weighted by Crippen LogP contribution is -2.24. The Bertz CT molecular complexity index is 727. The van der Waals surface area contributed by atoms with Crippen LogP contribution < -0.4 is 5.32 Å². The minimum Gasteiger partial charge on any atom is -0.381 e. The lowest BCUT2D eigenvalue weighted by molar-refractivity contribution is 0.0952. The van der Waals surface area contributed by atoms with E-state index in [0.29, 0.717) is 18.0 Å². The summed E-state index contributed by atoms with van der Waals surface area (Å²) in [7, 11) is 0. The smallest absolute Gasteiger partial charge is 0.251 e. The van der Waals surface area contributed by atoms with E-state index in [1.54, 1.807) is 24.3 Å². The molecule has 0 spiro atoms. The first-order valence-corrected chi connectivity index (χ1v) is 8.93. The summed E-state index contributed by atoms with van der Waals surface area (Å²) in [6, 6.07) is 11.8. The molecule has 0 aliphatic carbocycles. The number of halogens is 2. The molecule has 1 aliphatic heterocycles. The van der Waals surface area contributed by atoms with E-state index in [9.17, 15) is 9.18 Å². The number of carbonyl (C=O) groups excluding carboxylic acids is 1. The fraction of sp³-hybridized carbons (Fsp3) is 0.350. The molecular weight excluding hydrogens is 341 g/mol. The largest absolute Gasteiger partial charge is 0.381 e. The third-order valence-electron chi connectivity index (χ3n) is 4.50. The molecule has 2 aromatic carbocycles. The van der Waals surface area contributed by atoms with Crippen LogP contribution in [0.5, 0.6) is 0 Å². The van der Waals surface area contributed by atoms with E-state index in [-0.39, 0.29) is 10.9 Å². The Labute approximate surface area is 152 Å². The second-order valence-corrected chi connectivity index (χ2v) is 6.74. The molecule has 1 aliphatic rings. The molecule has 5 heteroatoms. The summed E-state index contributed by atoms with van der Waals surface area (Å²) in [6.07, 6.45) is 3.18. The molecule has 1 N–H and O–H groups in total. The summed E-state index contributed by atoms with van der Waals surface area (Å²) in [5.74, 6) is 0.121. The lowest BCUT2D eigenvalue weighted by Gasteiger charge is -2.09. The van der Waals surface area contributed by atoms with Crippen LogP contribution in [0.4, 0.5) is 4.39 Å². The van der Waals surface area contributed by atoms with Crippen molar-refractivity contribution in [3.05, 3.63) is 58.9 Å². The lowest BCUT2D eigenvalue weighted by atomic mass is 10.0. The summed E-state index contributed by atoms with van der Waals surface area (Å²) >= 11 is 5.82. The van der Waals surface area contributed by atoms with E-state index in [0.717, 1.165) is 43.6 Å². The molecule has 1 fully saturated rings. The molecule has 0 radical (unpaired) electrons. The van der Waals surface area contributed by atoms with E-state index in [1.165, 1.54) is 6.07 Å². The van der Waals surface area contributed by atoms with Gasteiger partial charge in [-0.1, -0.05) is 29.8 Å². The number of ether oxygens (including phenoxy) is 1. The van der Waals surface area contributed by atoms with Gasteiger partial charge in [-0.05, 0) is 60.6 Å². The van der Waals surface area contributed by atoms with Crippen LogP contribution in [-0.4, -0.2) is 25.7 Å². The highest BCUT2D eigenvalue weighted by molar-refractivity contribution is 6.31. The molecule has 25 heavy (non-hydrogen) atoms. The summed E-state index contributed by atoms with van der Waals surface area (Å²) in [6.45, 7) is 2.39. The van der Waals surface area contributed by atoms with Crippen LogP contribution in [0.25, 0.3) is 11.1 Å². The molecule has 2 aromatic rings. The molecule has 1 atom stereocenters. The molecule has 0 saturated carbocycles. The van der Waals surface area contributed by atoms with Crippen molar-refractivity contribution in [1.29, 1.82) is 0 Å². The first kappa shape index (κ1) is 17.9. The van der Waals surface area contributed by atoms with Crippen LogP contribution in [0.3, 0.4) is 0 Å². The predicted molar refractivity (Wildman–Crippen MR) is 97.3 cm³/mol. The van der Waals surface area contributed by atoms with Crippen LogP contribution in [0, 0.1) is 11.7 Å². The monoisotopic (exact) mass is 361 g/mol. The minimum absolute atomic E-state index is 0.0774. The van der Waals surface area contributed by atoms with Crippen molar-refractivity contribution in [2.45, 2.75) is 19.3 Å². The van der Waals surface area contributed by atoms with Gasteiger partial charge in [-0.2, -0.15) is 0 Å². The van der Waals surface area contributed by atoms with Gasteiger partial charge >= 0.3 is 0 Å². The summed E-state index contributed by atoms with van der Waals surface area (Å²) in [5.41, 5.74) is 2.32. The van der Waals surface area contributed by atoms with E-state index in [2.05, 4.69) is 5.32 Å². The van der Waals surface area contributed by atoms with Gasteiger partial charge in [0.25, 0.3) is 5.91 Å². The van der Waals surface area contributed by atoms with Crippen molar-refractivity contribution in [1.82, 2.24) is 5.32 Å².